The molecule has 2 aromatic rings. The van der Waals surface area contributed by atoms with Gasteiger partial charge in [0.05, 0.1) is 12.8 Å². The van der Waals surface area contributed by atoms with E-state index in [1.54, 1.807) is 6.20 Å². The summed E-state index contributed by atoms with van der Waals surface area (Å²) in [5, 5.41) is 4.44. The average Bonchev–Trinajstić information content (AvgIpc) is 3.02. The summed E-state index contributed by atoms with van der Waals surface area (Å²) in [6.07, 6.45) is 10.7. The Morgan fingerprint density at radius 3 is 2.95 bits per heavy atom. The van der Waals surface area contributed by atoms with Crippen LogP contribution in [0, 0.1) is 12.8 Å². The van der Waals surface area contributed by atoms with Gasteiger partial charge >= 0.3 is 0 Å². The van der Waals surface area contributed by atoms with Gasteiger partial charge in [-0.05, 0) is 44.4 Å². The summed E-state index contributed by atoms with van der Waals surface area (Å²) in [4.78, 5) is 4.21. The first-order valence-electron chi connectivity index (χ1n) is 8.34. The lowest BCUT2D eigenvalue weighted by molar-refractivity contribution is 0.181. The maximum Gasteiger partial charge on any atom is 0.137 e. The number of hydrogen-bond donors (Lipinski definition) is 0. The number of ether oxygens (including phenoxy) is 1. The van der Waals surface area contributed by atoms with Gasteiger partial charge in [-0.2, -0.15) is 5.10 Å². The average molecular weight is 299 g/mol. The Bertz CT molecular complexity index is 608. The van der Waals surface area contributed by atoms with Crippen LogP contribution < -0.4 is 4.74 Å². The summed E-state index contributed by atoms with van der Waals surface area (Å²) in [5.41, 5.74) is 2.51. The third-order valence-corrected chi connectivity index (χ3v) is 4.65. The second kappa shape index (κ2) is 6.95. The van der Waals surface area contributed by atoms with E-state index < -0.39 is 0 Å². The van der Waals surface area contributed by atoms with E-state index in [0.29, 0.717) is 11.8 Å². The molecule has 4 heteroatoms. The van der Waals surface area contributed by atoms with Gasteiger partial charge in [0.2, 0.25) is 0 Å². The summed E-state index contributed by atoms with van der Waals surface area (Å²) in [7, 11) is 0. The maximum absolute atomic E-state index is 6.04. The molecule has 1 saturated carbocycles. The minimum absolute atomic E-state index is 0.564. The predicted molar refractivity (Wildman–Crippen MR) is 87.1 cm³/mol. The lowest BCUT2D eigenvalue weighted by Crippen LogP contribution is -2.26. The van der Waals surface area contributed by atoms with Crippen LogP contribution in [-0.4, -0.2) is 21.4 Å². The van der Waals surface area contributed by atoms with Crippen LogP contribution in [0.2, 0.25) is 0 Å². The molecule has 22 heavy (non-hydrogen) atoms. The molecule has 1 aliphatic carbocycles. The highest BCUT2D eigenvalue weighted by molar-refractivity contribution is 5.22. The van der Waals surface area contributed by atoms with Crippen LogP contribution in [0.15, 0.2) is 30.7 Å². The second-order valence-electron chi connectivity index (χ2n) is 6.23. The Labute approximate surface area is 132 Å². The topological polar surface area (TPSA) is 39.9 Å². The fourth-order valence-electron chi connectivity index (χ4n) is 3.53. The third kappa shape index (κ3) is 3.32. The van der Waals surface area contributed by atoms with Crippen molar-refractivity contribution in [1.29, 1.82) is 0 Å². The van der Waals surface area contributed by atoms with E-state index in [1.165, 1.54) is 31.4 Å². The van der Waals surface area contributed by atoms with Crippen LogP contribution in [0.1, 0.15) is 49.8 Å². The maximum atomic E-state index is 6.04. The molecular formula is C18H25N3O. The lowest BCUT2D eigenvalue weighted by atomic mass is 9.78. The molecule has 0 amide bonds. The summed E-state index contributed by atoms with van der Waals surface area (Å²) in [6, 6.07) is 4.24. The van der Waals surface area contributed by atoms with Crippen molar-refractivity contribution in [2.45, 2.75) is 52.0 Å². The monoisotopic (exact) mass is 299 g/mol. The van der Waals surface area contributed by atoms with E-state index in [-0.39, 0.29) is 0 Å². The number of aryl methyl sites for hydroxylation is 2. The standard InChI is InChI=1S/C18H25N3O/c1-3-21-18(8-9-20-21)17-7-5-4-6-15(17)13-22-16-10-14(2)11-19-12-16/h8-12,15,17H,3-7,13H2,1-2H3. The number of aromatic nitrogens is 3. The van der Waals surface area contributed by atoms with Crippen LogP contribution in [0.25, 0.3) is 0 Å². The Balaban J connectivity index is 1.70. The normalized spacial score (nSPS) is 21.7. The van der Waals surface area contributed by atoms with Gasteiger partial charge in [0.25, 0.3) is 0 Å². The van der Waals surface area contributed by atoms with E-state index in [9.17, 15) is 0 Å². The van der Waals surface area contributed by atoms with Gasteiger partial charge in [0, 0.05) is 36.5 Å². The molecule has 0 saturated heterocycles. The smallest absolute Gasteiger partial charge is 0.137 e. The van der Waals surface area contributed by atoms with Crippen molar-refractivity contribution in [2.24, 2.45) is 5.92 Å². The molecule has 118 valence electrons. The zero-order chi connectivity index (χ0) is 15.4. The molecule has 4 nitrogen and oxygen atoms in total. The van der Waals surface area contributed by atoms with Crippen LogP contribution in [0.4, 0.5) is 0 Å². The van der Waals surface area contributed by atoms with Crippen molar-refractivity contribution in [3.63, 3.8) is 0 Å². The summed E-state index contributed by atoms with van der Waals surface area (Å²) in [5.74, 6) is 2.01. The van der Waals surface area contributed by atoms with Gasteiger partial charge in [-0.25, -0.2) is 0 Å². The van der Waals surface area contributed by atoms with E-state index in [0.717, 1.165) is 24.5 Å². The van der Waals surface area contributed by atoms with E-state index in [4.69, 9.17) is 4.74 Å². The largest absolute Gasteiger partial charge is 0.492 e. The van der Waals surface area contributed by atoms with Crippen molar-refractivity contribution in [3.05, 3.63) is 42.0 Å². The summed E-state index contributed by atoms with van der Waals surface area (Å²) in [6.45, 7) is 5.91. The molecule has 0 bridgehead atoms. The van der Waals surface area contributed by atoms with E-state index in [1.807, 2.05) is 19.3 Å². The van der Waals surface area contributed by atoms with Crippen molar-refractivity contribution < 1.29 is 4.74 Å². The number of rotatable bonds is 5. The van der Waals surface area contributed by atoms with Gasteiger partial charge in [-0.15, -0.1) is 0 Å². The Morgan fingerprint density at radius 1 is 1.27 bits per heavy atom. The number of hydrogen-bond acceptors (Lipinski definition) is 3. The Morgan fingerprint density at radius 2 is 2.14 bits per heavy atom. The first-order valence-corrected chi connectivity index (χ1v) is 8.34. The zero-order valence-electron chi connectivity index (χ0n) is 13.5. The van der Waals surface area contributed by atoms with Crippen LogP contribution >= 0.6 is 0 Å². The van der Waals surface area contributed by atoms with Crippen molar-refractivity contribution in [2.75, 3.05) is 6.61 Å². The molecule has 0 spiro atoms. The highest BCUT2D eigenvalue weighted by atomic mass is 16.5. The van der Waals surface area contributed by atoms with E-state index >= 15 is 0 Å². The molecule has 3 rings (SSSR count). The molecule has 0 aliphatic heterocycles. The Hall–Kier alpha value is -1.84. The molecular weight excluding hydrogens is 274 g/mol. The number of nitrogens with zero attached hydrogens (tertiary/aromatic N) is 3. The fraction of sp³-hybridized carbons (Fsp3) is 0.556. The van der Waals surface area contributed by atoms with Crippen LogP contribution in [0.5, 0.6) is 5.75 Å². The minimum atomic E-state index is 0.564. The highest BCUT2D eigenvalue weighted by Crippen LogP contribution is 2.38. The minimum Gasteiger partial charge on any atom is -0.492 e. The van der Waals surface area contributed by atoms with Gasteiger partial charge in [0.1, 0.15) is 5.75 Å². The molecule has 2 heterocycles. The van der Waals surface area contributed by atoms with E-state index in [2.05, 4.69) is 33.8 Å². The van der Waals surface area contributed by atoms with Gasteiger partial charge in [-0.1, -0.05) is 12.8 Å². The molecule has 2 aromatic heterocycles. The second-order valence-corrected chi connectivity index (χ2v) is 6.23. The highest BCUT2D eigenvalue weighted by Gasteiger charge is 2.29. The molecule has 1 aliphatic rings. The molecule has 2 unspecified atom stereocenters. The van der Waals surface area contributed by atoms with Gasteiger partial charge in [0.15, 0.2) is 0 Å². The fourth-order valence-corrected chi connectivity index (χ4v) is 3.53. The third-order valence-electron chi connectivity index (χ3n) is 4.65. The van der Waals surface area contributed by atoms with Crippen molar-refractivity contribution in [1.82, 2.24) is 14.8 Å². The summed E-state index contributed by atoms with van der Waals surface area (Å²) < 4.78 is 8.17. The Kier molecular flexibility index (Phi) is 4.76. The molecule has 0 N–H and O–H groups in total. The van der Waals surface area contributed by atoms with Gasteiger partial charge < -0.3 is 4.74 Å². The molecule has 2 atom stereocenters. The van der Waals surface area contributed by atoms with Crippen molar-refractivity contribution >= 4 is 0 Å². The van der Waals surface area contributed by atoms with Crippen LogP contribution in [0.3, 0.4) is 0 Å². The lowest BCUT2D eigenvalue weighted by Gasteiger charge is -2.31. The van der Waals surface area contributed by atoms with Crippen LogP contribution in [-0.2, 0) is 6.54 Å². The van der Waals surface area contributed by atoms with Gasteiger partial charge in [-0.3, -0.25) is 9.67 Å². The molecule has 1 fully saturated rings. The quantitative estimate of drug-likeness (QED) is 0.839. The SMILES string of the molecule is CCn1nccc1C1CCCCC1COc1cncc(C)c1. The first-order chi connectivity index (χ1) is 10.8. The number of pyridine rings is 1. The molecule has 0 radical (unpaired) electrons. The summed E-state index contributed by atoms with van der Waals surface area (Å²) >= 11 is 0. The zero-order valence-corrected chi connectivity index (χ0v) is 13.5. The first kappa shape index (κ1) is 15.1. The predicted octanol–water partition coefficient (Wildman–Crippen LogP) is 3.96. The molecule has 0 aromatic carbocycles. The van der Waals surface area contributed by atoms with Crippen molar-refractivity contribution in [3.8, 4) is 5.75 Å².